The van der Waals surface area contributed by atoms with Crippen LogP contribution in [0.1, 0.15) is 22.0 Å². The third-order valence-corrected chi connectivity index (χ3v) is 7.77. The van der Waals surface area contributed by atoms with Crippen LogP contribution in [0.15, 0.2) is 97.1 Å². The first-order valence-electron chi connectivity index (χ1n) is 12.7. The molecule has 206 valence electrons. The fourth-order valence-corrected chi connectivity index (χ4v) is 5.41. The van der Waals surface area contributed by atoms with E-state index in [9.17, 15) is 14.4 Å². The van der Waals surface area contributed by atoms with Gasteiger partial charge >= 0.3 is 5.97 Å². The molecule has 0 saturated carbocycles. The van der Waals surface area contributed by atoms with Gasteiger partial charge < -0.3 is 9.47 Å². The van der Waals surface area contributed by atoms with E-state index in [0.717, 1.165) is 4.90 Å². The van der Waals surface area contributed by atoms with Crippen LogP contribution < -0.4 is 19.4 Å². The number of benzene rings is 4. The van der Waals surface area contributed by atoms with E-state index < -0.39 is 35.8 Å². The zero-order valence-electron chi connectivity index (χ0n) is 21.6. The molecule has 0 N–H and O–H groups in total. The molecule has 0 unspecified atom stereocenters. The molecule has 0 radical (unpaired) electrons. The van der Waals surface area contributed by atoms with Crippen LogP contribution in [0.4, 0.5) is 11.4 Å². The maximum Gasteiger partial charge on any atom is 0.343 e. The standard InChI is InChI=1S/C31H22Cl2N2O6/c1-39-25-16-19(12-15-24(25)40-31(38)18-8-4-2-5-9-18)27-26-28(41-35(27)20-10-6-3-7-11-20)30(37)34(29(26)36)21-13-14-22(32)23(33)17-21/h2-17,26-28H,1H3/t26-,27+,28+/m0/s1. The number of methoxy groups -OCH3 is 1. The van der Waals surface area contributed by atoms with Crippen molar-refractivity contribution in [2.75, 3.05) is 17.1 Å². The Morgan fingerprint density at radius 3 is 2.17 bits per heavy atom. The van der Waals surface area contributed by atoms with Crippen molar-refractivity contribution >= 4 is 52.4 Å². The van der Waals surface area contributed by atoms with Crippen LogP contribution >= 0.6 is 23.2 Å². The Morgan fingerprint density at radius 2 is 1.49 bits per heavy atom. The van der Waals surface area contributed by atoms with Crippen molar-refractivity contribution in [2.24, 2.45) is 5.92 Å². The number of nitrogens with zero attached hydrogens (tertiary/aromatic N) is 2. The Kier molecular flexibility index (Phi) is 7.13. The second-order valence-corrected chi connectivity index (χ2v) is 10.2. The lowest BCUT2D eigenvalue weighted by atomic mass is 9.90. The summed E-state index contributed by atoms with van der Waals surface area (Å²) in [7, 11) is 1.46. The van der Waals surface area contributed by atoms with Crippen LogP contribution in [0, 0.1) is 5.92 Å². The summed E-state index contributed by atoms with van der Waals surface area (Å²) < 4.78 is 11.2. The first kappa shape index (κ1) is 26.8. The number of carbonyl (C=O) groups is 3. The van der Waals surface area contributed by atoms with E-state index in [0.29, 0.717) is 27.5 Å². The lowest BCUT2D eigenvalue weighted by molar-refractivity contribution is -0.126. The molecule has 3 atom stereocenters. The normalized spacial score (nSPS) is 19.8. The molecule has 6 rings (SSSR count). The highest BCUT2D eigenvalue weighted by Crippen LogP contribution is 2.49. The summed E-state index contributed by atoms with van der Waals surface area (Å²) >= 11 is 12.2. The third-order valence-electron chi connectivity index (χ3n) is 7.03. The van der Waals surface area contributed by atoms with Gasteiger partial charge in [0.15, 0.2) is 17.6 Å². The molecule has 0 bridgehead atoms. The number of fused-ring (bicyclic) bond motifs is 1. The van der Waals surface area contributed by atoms with Crippen molar-refractivity contribution in [1.82, 2.24) is 0 Å². The number of hydrogen-bond donors (Lipinski definition) is 0. The van der Waals surface area contributed by atoms with Crippen LogP contribution in [0.25, 0.3) is 0 Å². The molecule has 2 aliphatic heterocycles. The van der Waals surface area contributed by atoms with Gasteiger partial charge in [0.2, 0.25) is 5.91 Å². The highest BCUT2D eigenvalue weighted by atomic mass is 35.5. The molecule has 2 amide bonds. The Balaban J connectivity index is 1.38. The second-order valence-electron chi connectivity index (χ2n) is 9.43. The average Bonchev–Trinajstić information content (AvgIpc) is 3.51. The number of anilines is 2. The van der Waals surface area contributed by atoms with Crippen molar-refractivity contribution in [2.45, 2.75) is 12.1 Å². The molecule has 0 aromatic heterocycles. The first-order chi connectivity index (χ1) is 19.9. The molecular weight excluding hydrogens is 567 g/mol. The summed E-state index contributed by atoms with van der Waals surface area (Å²) in [4.78, 5) is 47.4. The van der Waals surface area contributed by atoms with Gasteiger partial charge in [-0.3, -0.25) is 14.4 Å². The Hall–Kier alpha value is -4.37. The van der Waals surface area contributed by atoms with Gasteiger partial charge in [-0.25, -0.2) is 14.8 Å². The molecule has 2 heterocycles. The molecule has 10 heteroatoms. The fourth-order valence-electron chi connectivity index (χ4n) is 5.12. The van der Waals surface area contributed by atoms with Gasteiger partial charge in [-0.15, -0.1) is 0 Å². The fraction of sp³-hybridized carbons (Fsp3) is 0.129. The predicted molar refractivity (Wildman–Crippen MR) is 153 cm³/mol. The number of hydroxylamine groups is 1. The van der Waals surface area contributed by atoms with Crippen molar-refractivity contribution in [3.8, 4) is 11.5 Å². The highest BCUT2D eigenvalue weighted by molar-refractivity contribution is 6.42. The Bertz CT molecular complexity index is 1650. The molecule has 2 saturated heterocycles. The van der Waals surface area contributed by atoms with E-state index in [4.69, 9.17) is 37.5 Å². The molecule has 0 spiro atoms. The molecule has 0 aliphatic carbocycles. The largest absolute Gasteiger partial charge is 0.493 e. The number of carbonyl (C=O) groups excluding carboxylic acids is 3. The number of imide groups is 1. The zero-order valence-corrected chi connectivity index (χ0v) is 23.1. The lowest BCUT2D eigenvalue weighted by Gasteiger charge is -2.29. The minimum Gasteiger partial charge on any atom is -0.493 e. The molecule has 4 aromatic rings. The second kappa shape index (κ2) is 10.9. The Labute approximate surface area is 245 Å². The van der Waals surface area contributed by atoms with Crippen molar-refractivity contribution in [3.63, 3.8) is 0 Å². The van der Waals surface area contributed by atoms with Crippen LogP contribution in [0.2, 0.25) is 10.0 Å². The SMILES string of the molecule is COc1cc([C@@H]2[C@@H]3C(=O)N(c4ccc(Cl)c(Cl)c4)C(=O)[C@@H]3ON2c2ccccc2)ccc1OC(=O)c1ccccc1. The predicted octanol–water partition coefficient (Wildman–Crippen LogP) is 6.27. The van der Waals surface area contributed by atoms with E-state index in [1.165, 1.54) is 19.2 Å². The molecular formula is C31H22Cl2N2O6. The summed E-state index contributed by atoms with van der Waals surface area (Å²) in [5.41, 5.74) is 1.97. The van der Waals surface area contributed by atoms with E-state index in [2.05, 4.69) is 0 Å². The summed E-state index contributed by atoms with van der Waals surface area (Å²) in [5.74, 6) is -1.90. The number of para-hydroxylation sites is 1. The maximum absolute atomic E-state index is 13.9. The van der Waals surface area contributed by atoms with Crippen LogP contribution in [0.5, 0.6) is 11.5 Å². The molecule has 2 fully saturated rings. The van der Waals surface area contributed by atoms with Gasteiger partial charge in [-0.1, -0.05) is 65.7 Å². The Morgan fingerprint density at radius 1 is 0.780 bits per heavy atom. The molecule has 4 aromatic carbocycles. The minimum atomic E-state index is -1.08. The molecule has 41 heavy (non-hydrogen) atoms. The van der Waals surface area contributed by atoms with E-state index in [-0.39, 0.29) is 16.5 Å². The van der Waals surface area contributed by atoms with E-state index >= 15 is 0 Å². The molecule has 8 nitrogen and oxygen atoms in total. The summed E-state index contributed by atoms with van der Waals surface area (Å²) in [6.07, 6.45) is -1.08. The van der Waals surface area contributed by atoms with Crippen LogP contribution in [-0.2, 0) is 14.4 Å². The van der Waals surface area contributed by atoms with Gasteiger partial charge in [-0.05, 0) is 60.2 Å². The van der Waals surface area contributed by atoms with Gasteiger partial charge in [0.1, 0.15) is 5.92 Å². The lowest BCUT2D eigenvalue weighted by Crippen LogP contribution is -2.37. The summed E-state index contributed by atoms with van der Waals surface area (Å²) in [6, 6.07) is 26.6. The van der Waals surface area contributed by atoms with Crippen molar-refractivity contribution in [1.29, 1.82) is 0 Å². The zero-order chi connectivity index (χ0) is 28.7. The number of amides is 2. The number of rotatable bonds is 6. The minimum absolute atomic E-state index is 0.207. The van der Waals surface area contributed by atoms with Gasteiger partial charge in [0.25, 0.3) is 5.91 Å². The van der Waals surface area contributed by atoms with Crippen molar-refractivity contribution in [3.05, 3.63) is 118 Å². The summed E-state index contributed by atoms with van der Waals surface area (Å²) in [6.45, 7) is 0. The quantitative estimate of drug-likeness (QED) is 0.149. The summed E-state index contributed by atoms with van der Waals surface area (Å²) in [5, 5.41) is 2.09. The van der Waals surface area contributed by atoms with Gasteiger partial charge in [0, 0.05) is 0 Å². The average molecular weight is 589 g/mol. The van der Waals surface area contributed by atoms with E-state index in [1.54, 1.807) is 59.7 Å². The number of ether oxygens (including phenoxy) is 2. The van der Waals surface area contributed by atoms with Gasteiger partial charge in [0.05, 0.1) is 40.1 Å². The number of esters is 1. The highest BCUT2D eigenvalue weighted by Gasteiger charge is 2.60. The van der Waals surface area contributed by atoms with Crippen LogP contribution in [0.3, 0.4) is 0 Å². The third kappa shape index (κ3) is 4.80. The molecule has 2 aliphatic rings. The topological polar surface area (TPSA) is 85.4 Å². The van der Waals surface area contributed by atoms with Crippen LogP contribution in [-0.4, -0.2) is 31.0 Å². The van der Waals surface area contributed by atoms with Gasteiger partial charge in [-0.2, -0.15) is 0 Å². The first-order valence-corrected chi connectivity index (χ1v) is 13.4. The number of halogens is 2. The maximum atomic E-state index is 13.9. The van der Waals surface area contributed by atoms with E-state index in [1.807, 2.05) is 30.3 Å². The van der Waals surface area contributed by atoms with Crippen molar-refractivity contribution < 1.29 is 28.7 Å². The smallest absolute Gasteiger partial charge is 0.343 e. The number of hydrogen-bond acceptors (Lipinski definition) is 7. The monoisotopic (exact) mass is 588 g/mol.